The number of nitriles is 2. The van der Waals surface area contributed by atoms with Gasteiger partial charge in [0.1, 0.15) is 11.8 Å². The van der Waals surface area contributed by atoms with Crippen molar-refractivity contribution >= 4 is 11.6 Å². The van der Waals surface area contributed by atoms with Gasteiger partial charge in [-0.3, -0.25) is 9.59 Å². The average molecular weight is 364 g/mol. The molecule has 3 aromatic rings. The van der Waals surface area contributed by atoms with Crippen molar-refractivity contribution in [1.29, 1.82) is 10.5 Å². The number of carbonyl (C=O) groups is 2. The second-order valence-corrected chi connectivity index (χ2v) is 6.25. The Morgan fingerprint density at radius 2 is 0.964 bits per heavy atom. The number of carbonyl (C=O) groups excluding carboxylic acids is 2. The van der Waals surface area contributed by atoms with Crippen LogP contribution in [0.5, 0.6) is 0 Å². The van der Waals surface area contributed by atoms with Gasteiger partial charge in [0.2, 0.25) is 11.6 Å². The first-order valence-corrected chi connectivity index (χ1v) is 8.73. The van der Waals surface area contributed by atoms with Crippen molar-refractivity contribution in [1.82, 2.24) is 0 Å². The Kier molecular flexibility index (Phi) is 5.75. The third-order valence-corrected chi connectivity index (χ3v) is 4.51. The second kappa shape index (κ2) is 8.58. The lowest BCUT2D eigenvalue weighted by atomic mass is 9.86. The maximum Gasteiger partial charge on any atom is 0.221 e. The summed E-state index contributed by atoms with van der Waals surface area (Å²) in [7, 11) is 0. The summed E-state index contributed by atoms with van der Waals surface area (Å²) in [6.45, 7) is 0. The molecule has 3 aromatic carbocycles. The molecule has 0 amide bonds. The van der Waals surface area contributed by atoms with Crippen LogP contribution in [0.4, 0.5) is 0 Å². The smallest absolute Gasteiger partial charge is 0.221 e. The lowest BCUT2D eigenvalue weighted by Crippen LogP contribution is -2.26. The first-order valence-electron chi connectivity index (χ1n) is 8.73. The highest BCUT2D eigenvalue weighted by Gasteiger charge is 2.33. The Bertz CT molecular complexity index is 1060. The van der Waals surface area contributed by atoms with E-state index in [1.54, 1.807) is 42.5 Å². The van der Waals surface area contributed by atoms with Gasteiger partial charge in [0, 0.05) is 0 Å². The van der Waals surface area contributed by atoms with Crippen LogP contribution in [-0.2, 0) is 9.59 Å². The summed E-state index contributed by atoms with van der Waals surface area (Å²) in [6, 6.07) is 28.8. The number of benzene rings is 3. The fourth-order valence-corrected chi connectivity index (χ4v) is 3.00. The summed E-state index contributed by atoms with van der Waals surface area (Å²) in [4.78, 5) is 25.3. The topological polar surface area (TPSA) is 81.7 Å². The zero-order valence-corrected chi connectivity index (χ0v) is 14.9. The fourth-order valence-electron chi connectivity index (χ4n) is 3.00. The number of hydrogen-bond acceptors (Lipinski definition) is 4. The lowest BCUT2D eigenvalue weighted by Gasteiger charge is -2.12. The lowest BCUT2D eigenvalue weighted by molar-refractivity contribution is -0.137. The number of hydrogen-bond donors (Lipinski definition) is 0. The number of rotatable bonds is 6. The fraction of sp³-hybridized carbons (Fsp3) is 0.0833. The molecule has 0 aliphatic rings. The minimum atomic E-state index is -1.24. The van der Waals surface area contributed by atoms with Gasteiger partial charge in [-0.2, -0.15) is 10.5 Å². The predicted molar refractivity (Wildman–Crippen MR) is 105 cm³/mol. The molecule has 0 saturated heterocycles. The van der Waals surface area contributed by atoms with Crippen LogP contribution in [0.25, 0.3) is 11.1 Å². The van der Waals surface area contributed by atoms with Gasteiger partial charge in [-0.15, -0.1) is 0 Å². The van der Waals surface area contributed by atoms with Crippen molar-refractivity contribution in [2.24, 2.45) is 0 Å². The van der Waals surface area contributed by atoms with Crippen LogP contribution in [0, 0.1) is 22.7 Å². The molecular formula is C24H16N2O2. The molecule has 0 aliphatic carbocycles. The van der Waals surface area contributed by atoms with Crippen molar-refractivity contribution in [3.63, 3.8) is 0 Å². The maximum absolute atomic E-state index is 12.7. The quantitative estimate of drug-likeness (QED) is 0.607. The molecule has 0 N–H and O–H groups in total. The Labute approximate surface area is 163 Å². The summed E-state index contributed by atoms with van der Waals surface area (Å²) >= 11 is 0. The Morgan fingerprint density at radius 3 is 1.43 bits per heavy atom. The number of Topliss-reactive ketones (excluding diaryl/α,β-unsaturated/α-hetero) is 2. The summed E-state index contributed by atoms with van der Waals surface area (Å²) in [6.07, 6.45) is 0. The third-order valence-electron chi connectivity index (χ3n) is 4.51. The Balaban J connectivity index is 1.85. The van der Waals surface area contributed by atoms with Crippen LogP contribution in [0.15, 0.2) is 84.9 Å². The van der Waals surface area contributed by atoms with Crippen molar-refractivity contribution < 1.29 is 9.59 Å². The maximum atomic E-state index is 12.7. The molecular weight excluding hydrogens is 348 g/mol. The molecule has 4 heteroatoms. The van der Waals surface area contributed by atoms with Crippen molar-refractivity contribution in [2.75, 3.05) is 0 Å². The summed E-state index contributed by atoms with van der Waals surface area (Å²) in [5.74, 6) is -4.19. The van der Waals surface area contributed by atoms with Crippen LogP contribution in [0.2, 0.25) is 0 Å². The number of ketones is 2. The zero-order chi connectivity index (χ0) is 19.9. The van der Waals surface area contributed by atoms with E-state index >= 15 is 0 Å². The van der Waals surface area contributed by atoms with E-state index in [9.17, 15) is 20.1 Å². The monoisotopic (exact) mass is 364 g/mol. The van der Waals surface area contributed by atoms with Crippen LogP contribution in [-0.4, -0.2) is 11.6 Å². The number of nitrogens with zero attached hydrogens (tertiary/aromatic N) is 2. The average Bonchev–Trinajstić information content (AvgIpc) is 2.76. The van der Waals surface area contributed by atoms with Gasteiger partial charge in [0.05, 0.1) is 12.1 Å². The van der Waals surface area contributed by atoms with E-state index in [1.807, 2.05) is 54.6 Å². The highest BCUT2D eigenvalue weighted by atomic mass is 16.2. The van der Waals surface area contributed by atoms with Gasteiger partial charge >= 0.3 is 0 Å². The van der Waals surface area contributed by atoms with E-state index in [2.05, 4.69) is 0 Å². The predicted octanol–water partition coefficient (Wildman–Crippen LogP) is 4.41. The van der Waals surface area contributed by atoms with Gasteiger partial charge in [-0.1, -0.05) is 84.9 Å². The third kappa shape index (κ3) is 3.87. The van der Waals surface area contributed by atoms with E-state index in [0.29, 0.717) is 11.1 Å². The Hall–Kier alpha value is -4.02. The second-order valence-electron chi connectivity index (χ2n) is 6.25. The van der Waals surface area contributed by atoms with Crippen molar-refractivity contribution in [2.45, 2.75) is 11.8 Å². The first-order chi connectivity index (χ1) is 13.7. The SMILES string of the molecule is N#CC(C(=O)C(=O)C(C#N)c1ccc(-c2ccccc2)cc1)c1ccccc1. The molecule has 2 atom stereocenters. The highest BCUT2D eigenvalue weighted by molar-refractivity contribution is 6.42. The van der Waals surface area contributed by atoms with E-state index in [-0.39, 0.29) is 0 Å². The van der Waals surface area contributed by atoms with E-state index in [0.717, 1.165) is 11.1 Å². The molecule has 28 heavy (non-hydrogen) atoms. The first kappa shape index (κ1) is 18.8. The van der Waals surface area contributed by atoms with Crippen LogP contribution >= 0.6 is 0 Å². The molecule has 0 bridgehead atoms. The van der Waals surface area contributed by atoms with Gasteiger partial charge in [-0.25, -0.2) is 0 Å². The van der Waals surface area contributed by atoms with Gasteiger partial charge in [-0.05, 0) is 22.3 Å². The minimum Gasteiger partial charge on any atom is -0.289 e. The molecule has 0 radical (unpaired) electrons. The molecule has 0 aliphatic heterocycles. The molecule has 0 fully saturated rings. The van der Waals surface area contributed by atoms with E-state index in [4.69, 9.17) is 0 Å². The molecule has 0 saturated carbocycles. The largest absolute Gasteiger partial charge is 0.289 e. The summed E-state index contributed by atoms with van der Waals surface area (Å²) in [5, 5.41) is 18.9. The van der Waals surface area contributed by atoms with E-state index < -0.39 is 23.4 Å². The van der Waals surface area contributed by atoms with Crippen LogP contribution in [0.1, 0.15) is 23.0 Å². The summed E-state index contributed by atoms with van der Waals surface area (Å²) < 4.78 is 0. The molecule has 0 aromatic heterocycles. The molecule has 4 nitrogen and oxygen atoms in total. The highest BCUT2D eigenvalue weighted by Crippen LogP contribution is 2.25. The molecule has 134 valence electrons. The molecule has 3 rings (SSSR count). The van der Waals surface area contributed by atoms with E-state index in [1.165, 1.54) is 0 Å². The Morgan fingerprint density at radius 1 is 0.571 bits per heavy atom. The van der Waals surface area contributed by atoms with Crippen LogP contribution in [0.3, 0.4) is 0 Å². The molecule has 2 unspecified atom stereocenters. The van der Waals surface area contributed by atoms with Gasteiger partial charge in [0.15, 0.2) is 0 Å². The minimum absolute atomic E-state index is 0.435. The summed E-state index contributed by atoms with van der Waals surface area (Å²) in [5.41, 5.74) is 2.84. The molecule has 0 spiro atoms. The van der Waals surface area contributed by atoms with Crippen LogP contribution < -0.4 is 0 Å². The molecule has 0 heterocycles. The van der Waals surface area contributed by atoms with Crippen molar-refractivity contribution in [3.05, 3.63) is 96.1 Å². The zero-order valence-electron chi connectivity index (χ0n) is 14.9. The van der Waals surface area contributed by atoms with Gasteiger partial charge < -0.3 is 0 Å². The standard InChI is InChI=1S/C24H16N2O2/c25-15-21(19-9-5-2-6-10-19)23(27)24(28)22(16-26)20-13-11-18(12-14-20)17-7-3-1-4-8-17/h1-14,21-22H. The van der Waals surface area contributed by atoms with Gasteiger partial charge in [0.25, 0.3) is 0 Å². The van der Waals surface area contributed by atoms with Crippen molar-refractivity contribution in [3.8, 4) is 23.3 Å². The normalized spacial score (nSPS) is 12.2.